The molecule has 158 valence electrons. The number of alkyl halides is 3. The van der Waals surface area contributed by atoms with E-state index < -0.39 is 6.36 Å². The van der Waals surface area contributed by atoms with E-state index in [1.807, 2.05) is 6.92 Å². The smallest absolute Gasteiger partial charge is 0.504 e. The molecule has 2 aromatic rings. The maximum absolute atomic E-state index is 12.5. The Kier molecular flexibility index (Phi) is 7.99. The van der Waals surface area contributed by atoms with E-state index in [2.05, 4.69) is 20.4 Å². The molecule has 0 aliphatic carbocycles. The second kappa shape index (κ2) is 10.4. The Morgan fingerprint density at radius 3 is 2.41 bits per heavy atom. The number of phenols is 1. The number of nitrogens with one attached hydrogen (secondary N) is 2. The number of halogens is 3. The minimum Gasteiger partial charge on any atom is -0.504 e. The van der Waals surface area contributed by atoms with Crippen LogP contribution in [-0.2, 0) is 13.0 Å². The minimum absolute atomic E-state index is 0.00595. The third kappa shape index (κ3) is 7.10. The van der Waals surface area contributed by atoms with Crippen molar-refractivity contribution in [2.75, 3.05) is 20.2 Å². The summed E-state index contributed by atoms with van der Waals surface area (Å²) >= 11 is 0. The summed E-state index contributed by atoms with van der Waals surface area (Å²) in [6.07, 6.45) is -4.26. The van der Waals surface area contributed by atoms with Crippen LogP contribution in [0.4, 0.5) is 13.2 Å². The molecular weight excluding hydrogens is 387 g/mol. The van der Waals surface area contributed by atoms with Crippen molar-refractivity contribution in [3.05, 3.63) is 53.6 Å². The lowest BCUT2D eigenvalue weighted by Gasteiger charge is -2.14. The van der Waals surface area contributed by atoms with Crippen LogP contribution in [-0.4, -0.2) is 37.6 Å². The topological polar surface area (TPSA) is 75.1 Å². The first kappa shape index (κ1) is 22.2. The first-order valence-electron chi connectivity index (χ1n) is 9.04. The number of para-hydroxylation sites is 2. The molecular formula is C20H24F3N3O3. The molecule has 0 heterocycles. The Labute approximate surface area is 167 Å². The van der Waals surface area contributed by atoms with Crippen molar-refractivity contribution in [2.45, 2.75) is 26.3 Å². The SMILES string of the molecule is CCNC(=NCc1ccccc1OC(F)(F)F)NCCc1cccc(OC)c1O. The molecule has 9 heteroatoms. The van der Waals surface area contributed by atoms with Gasteiger partial charge in [-0.3, -0.25) is 0 Å². The molecule has 0 aromatic heterocycles. The Balaban J connectivity index is 2.02. The van der Waals surface area contributed by atoms with Gasteiger partial charge in [-0.25, -0.2) is 4.99 Å². The van der Waals surface area contributed by atoms with Crippen LogP contribution in [0.2, 0.25) is 0 Å². The highest BCUT2D eigenvalue weighted by molar-refractivity contribution is 5.79. The van der Waals surface area contributed by atoms with Crippen molar-refractivity contribution in [3.8, 4) is 17.2 Å². The van der Waals surface area contributed by atoms with Gasteiger partial charge in [-0.05, 0) is 31.0 Å². The molecule has 0 amide bonds. The molecule has 0 bridgehead atoms. The molecule has 0 unspecified atom stereocenters. The molecule has 0 atom stereocenters. The van der Waals surface area contributed by atoms with Crippen LogP contribution in [0.25, 0.3) is 0 Å². The molecule has 2 rings (SSSR count). The van der Waals surface area contributed by atoms with Gasteiger partial charge in [0.2, 0.25) is 0 Å². The molecule has 0 fully saturated rings. The first-order valence-corrected chi connectivity index (χ1v) is 9.04. The van der Waals surface area contributed by atoms with Gasteiger partial charge in [-0.15, -0.1) is 13.2 Å². The molecule has 0 aliphatic heterocycles. The lowest BCUT2D eigenvalue weighted by Crippen LogP contribution is -2.38. The Bertz CT molecular complexity index is 826. The maximum atomic E-state index is 12.5. The van der Waals surface area contributed by atoms with Crippen LogP contribution in [0.3, 0.4) is 0 Å². The zero-order chi connectivity index (χ0) is 21.3. The second-order valence-electron chi connectivity index (χ2n) is 6.00. The predicted octanol–water partition coefficient (Wildman–Crippen LogP) is 3.60. The molecule has 0 radical (unpaired) electrons. The summed E-state index contributed by atoms with van der Waals surface area (Å²) < 4.78 is 46.8. The number of aliphatic imine (C=N–C) groups is 1. The van der Waals surface area contributed by atoms with Gasteiger partial charge in [0.15, 0.2) is 17.5 Å². The molecule has 0 spiro atoms. The van der Waals surface area contributed by atoms with Crippen LogP contribution < -0.4 is 20.1 Å². The fraction of sp³-hybridized carbons (Fsp3) is 0.350. The van der Waals surface area contributed by atoms with Gasteiger partial charge in [0, 0.05) is 18.7 Å². The average Bonchev–Trinajstić information content (AvgIpc) is 2.67. The molecule has 0 saturated carbocycles. The summed E-state index contributed by atoms with van der Waals surface area (Å²) in [7, 11) is 1.48. The summed E-state index contributed by atoms with van der Waals surface area (Å²) in [5, 5.41) is 16.3. The summed E-state index contributed by atoms with van der Waals surface area (Å²) in [5.41, 5.74) is 1.02. The third-order valence-corrected chi connectivity index (χ3v) is 3.94. The fourth-order valence-electron chi connectivity index (χ4n) is 2.61. The number of hydrogen-bond donors (Lipinski definition) is 3. The van der Waals surface area contributed by atoms with Crippen LogP contribution >= 0.6 is 0 Å². The molecule has 29 heavy (non-hydrogen) atoms. The van der Waals surface area contributed by atoms with Gasteiger partial charge in [0.25, 0.3) is 0 Å². The van der Waals surface area contributed by atoms with Crippen LogP contribution in [0.15, 0.2) is 47.5 Å². The van der Waals surface area contributed by atoms with Crippen molar-refractivity contribution in [1.82, 2.24) is 10.6 Å². The lowest BCUT2D eigenvalue weighted by molar-refractivity contribution is -0.274. The van der Waals surface area contributed by atoms with E-state index in [1.54, 1.807) is 24.3 Å². The van der Waals surface area contributed by atoms with Crippen molar-refractivity contribution < 1.29 is 27.8 Å². The lowest BCUT2D eigenvalue weighted by atomic mass is 10.1. The third-order valence-electron chi connectivity index (χ3n) is 3.94. The Hall–Kier alpha value is -3.10. The predicted molar refractivity (Wildman–Crippen MR) is 104 cm³/mol. The van der Waals surface area contributed by atoms with Gasteiger partial charge in [-0.1, -0.05) is 30.3 Å². The molecule has 0 aliphatic rings. The summed E-state index contributed by atoms with van der Waals surface area (Å²) in [5.74, 6) is 0.638. The number of methoxy groups -OCH3 is 1. The van der Waals surface area contributed by atoms with Crippen molar-refractivity contribution in [1.29, 1.82) is 0 Å². The molecule has 6 nitrogen and oxygen atoms in total. The Morgan fingerprint density at radius 2 is 1.72 bits per heavy atom. The first-order chi connectivity index (χ1) is 13.8. The van der Waals surface area contributed by atoms with Crippen LogP contribution in [0, 0.1) is 0 Å². The number of guanidine groups is 1. The van der Waals surface area contributed by atoms with E-state index >= 15 is 0 Å². The number of phenolic OH excluding ortho intramolecular Hbond substituents is 1. The van der Waals surface area contributed by atoms with Crippen LogP contribution in [0.5, 0.6) is 17.2 Å². The standard InChI is InChI=1S/C20H24F3N3O3/c1-3-24-19(25-12-11-14-8-6-10-17(28-2)18(14)27)26-13-15-7-4-5-9-16(15)29-20(21,22)23/h4-10,27H,3,11-13H2,1-2H3,(H2,24,25,26). The average molecular weight is 411 g/mol. The summed E-state index contributed by atoms with van der Waals surface area (Å²) in [6, 6.07) is 11.1. The van der Waals surface area contributed by atoms with Gasteiger partial charge >= 0.3 is 6.36 Å². The van der Waals surface area contributed by atoms with Gasteiger partial charge < -0.3 is 25.2 Å². The normalized spacial score (nSPS) is 11.8. The van der Waals surface area contributed by atoms with Gasteiger partial charge in [0.1, 0.15) is 5.75 Å². The zero-order valence-corrected chi connectivity index (χ0v) is 16.2. The monoisotopic (exact) mass is 411 g/mol. The number of benzene rings is 2. The number of hydrogen-bond acceptors (Lipinski definition) is 4. The van der Waals surface area contributed by atoms with E-state index in [0.29, 0.717) is 42.3 Å². The Morgan fingerprint density at radius 1 is 1.03 bits per heavy atom. The van der Waals surface area contributed by atoms with E-state index in [-0.39, 0.29) is 18.0 Å². The maximum Gasteiger partial charge on any atom is 0.573 e. The number of ether oxygens (including phenoxy) is 2. The zero-order valence-electron chi connectivity index (χ0n) is 16.2. The minimum atomic E-state index is -4.76. The molecule has 3 N–H and O–H groups in total. The largest absolute Gasteiger partial charge is 0.573 e. The second-order valence-corrected chi connectivity index (χ2v) is 6.00. The quantitative estimate of drug-likeness (QED) is 0.457. The number of aromatic hydroxyl groups is 1. The van der Waals surface area contributed by atoms with E-state index in [4.69, 9.17) is 4.74 Å². The summed E-state index contributed by atoms with van der Waals surface area (Å²) in [6.45, 7) is 2.92. The molecule has 2 aromatic carbocycles. The fourth-order valence-corrected chi connectivity index (χ4v) is 2.61. The van der Waals surface area contributed by atoms with Crippen molar-refractivity contribution in [3.63, 3.8) is 0 Å². The molecule has 0 saturated heterocycles. The number of nitrogens with zero attached hydrogens (tertiary/aromatic N) is 1. The van der Waals surface area contributed by atoms with E-state index in [0.717, 1.165) is 0 Å². The van der Waals surface area contributed by atoms with Crippen molar-refractivity contribution >= 4 is 5.96 Å². The van der Waals surface area contributed by atoms with Crippen LogP contribution in [0.1, 0.15) is 18.1 Å². The van der Waals surface area contributed by atoms with E-state index in [9.17, 15) is 18.3 Å². The highest BCUT2D eigenvalue weighted by atomic mass is 19.4. The highest BCUT2D eigenvalue weighted by Crippen LogP contribution is 2.29. The van der Waals surface area contributed by atoms with E-state index in [1.165, 1.54) is 25.3 Å². The van der Waals surface area contributed by atoms with Gasteiger partial charge in [-0.2, -0.15) is 0 Å². The van der Waals surface area contributed by atoms with Crippen molar-refractivity contribution in [2.24, 2.45) is 4.99 Å². The summed E-state index contributed by atoms with van der Waals surface area (Å²) in [4.78, 5) is 4.32. The highest BCUT2D eigenvalue weighted by Gasteiger charge is 2.31. The number of rotatable bonds is 8. The van der Waals surface area contributed by atoms with Gasteiger partial charge in [0.05, 0.1) is 13.7 Å².